The monoisotopic (exact) mass is 295 g/mol. The number of hydrogen-bond donors (Lipinski definition) is 1. The van der Waals surface area contributed by atoms with Crippen LogP contribution in [0, 0.1) is 10.1 Å². The molecule has 1 aromatic rings. The summed E-state index contributed by atoms with van der Waals surface area (Å²) in [4.78, 5) is 20.5. The maximum atomic E-state index is 11.8. The molecule has 0 bridgehead atoms. The summed E-state index contributed by atoms with van der Waals surface area (Å²) in [7, 11) is 0. The topological polar surface area (TPSA) is 98.9 Å². The van der Waals surface area contributed by atoms with Crippen molar-refractivity contribution in [2.45, 2.75) is 6.18 Å². The fraction of sp³-hybridized carbons (Fsp3) is 0.300. The van der Waals surface area contributed by atoms with Gasteiger partial charge in [0.1, 0.15) is 17.9 Å². The zero-order valence-corrected chi connectivity index (χ0v) is 9.72. The third-order valence-electron chi connectivity index (χ3n) is 1.97. The van der Waals surface area contributed by atoms with Crippen LogP contribution in [0.25, 0.3) is 0 Å². The molecule has 0 aromatic heterocycles. The van der Waals surface area contributed by atoms with E-state index in [4.69, 9.17) is 9.84 Å². The van der Waals surface area contributed by atoms with Crippen LogP contribution < -0.4 is 4.74 Å². The van der Waals surface area contributed by atoms with E-state index in [1.807, 2.05) is 0 Å². The van der Waals surface area contributed by atoms with Crippen molar-refractivity contribution < 1.29 is 37.5 Å². The van der Waals surface area contributed by atoms with E-state index in [0.29, 0.717) is 0 Å². The molecule has 0 heterocycles. The van der Waals surface area contributed by atoms with Gasteiger partial charge in [-0.3, -0.25) is 10.1 Å². The zero-order valence-electron chi connectivity index (χ0n) is 9.72. The first kappa shape index (κ1) is 15.7. The average Bonchev–Trinajstić information content (AvgIpc) is 2.33. The number of carboxylic acids is 1. The average molecular weight is 295 g/mol. The molecule has 110 valence electrons. The molecule has 0 aliphatic heterocycles. The van der Waals surface area contributed by atoms with Gasteiger partial charge in [-0.25, -0.2) is 4.79 Å². The number of aromatic carboxylic acids is 1. The molecule has 1 rings (SSSR count). The quantitative estimate of drug-likeness (QED) is 0.374. The van der Waals surface area contributed by atoms with Gasteiger partial charge in [-0.05, 0) is 6.07 Å². The van der Waals surface area contributed by atoms with E-state index in [2.05, 4.69) is 4.74 Å². The van der Waals surface area contributed by atoms with Crippen molar-refractivity contribution in [2.24, 2.45) is 0 Å². The maximum Gasteiger partial charge on any atom is 0.411 e. The lowest BCUT2D eigenvalue weighted by atomic mass is 10.2. The first-order valence-electron chi connectivity index (χ1n) is 5.00. The van der Waals surface area contributed by atoms with Crippen LogP contribution in [0.3, 0.4) is 0 Å². The van der Waals surface area contributed by atoms with Crippen LogP contribution in [0.1, 0.15) is 10.4 Å². The molecule has 0 saturated carbocycles. The van der Waals surface area contributed by atoms with E-state index in [1.54, 1.807) is 0 Å². The highest BCUT2D eigenvalue weighted by Gasteiger charge is 2.27. The van der Waals surface area contributed by atoms with Gasteiger partial charge < -0.3 is 14.6 Å². The number of nitrogens with zero attached hydrogens (tertiary/aromatic N) is 1. The van der Waals surface area contributed by atoms with E-state index < -0.39 is 41.7 Å². The summed E-state index contributed by atoms with van der Waals surface area (Å²) in [5.41, 5.74) is -1.03. The van der Waals surface area contributed by atoms with Crippen LogP contribution in [0.4, 0.5) is 18.9 Å². The SMILES string of the molecule is O=C(O)c1cc([N+](=O)[O-])ccc1OCOCC(F)(F)F. The number of benzene rings is 1. The molecule has 0 amide bonds. The molecule has 1 aromatic carbocycles. The van der Waals surface area contributed by atoms with Crippen LogP contribution in [-0.4, -0.2) is 35.6 Å². The molecule has 0 spiro atoms. The third-order valence-corrected chi connectivity index (χ3v) is 1.97. The first-order valence-corrected chi connectivity index (χ1v) is 5.00. The molecule has 0 atom stereocenters. The molecular formula is C10H8F3NO6. The van der Waals surface area contributed by atoms with Gasteiger partial charge in [0.2, 0.25) is 0 Å². The highest BCUT2D eigenvalue weighted by atomic mass is 19.4. The molecule has 20 heavy (non-hydrogen) atoms. The van der Waals surface area contributed by atoms with E-state index in [1.165, 1.54) is 0 Å². The fourth-order valence-corrected chi connectivity index (χ4v) is 1.19. The Kier molecular flexibility index (Phi) is 4.86. The summed E-state index contributed by atoms with van der Waals surface area (Å²) in [5, 5.41) is 19.3. The van der Waals surface area contributed by atoms with Gasteiger partial charge >= 0.3 is 12.1 Å². The molecule has 7 nitrogen and oxygen atoms in total. The largest absolute Gasteiger partial charge is 0.478 e. The summed E-state index contributed by atoms with van der Waals surface area (Å²) >= 11 is 0. The molecule has 0 unspecified atom stereocenters. The Hall–Kier alpha value is -2.36. The number of rotatable bonds is 6. The van der Waals surface area contributed by atoms with Crippen molar-refractivity contribution in [3.05, 3.63) is 33.9 Å². The lowest BCUT2D eigenvalue weighted by Gasteiger charge is -2.10. The highest BCUT2D eigenvalue weighted by molar-refractivity contribution is 5.91. The number of nitro benzene ring substituents is 1. The second-order valence-electron chi connectivity index (χ2n) is 3.47. The Balaban J connectivity index is 2.75. The summed E-state index contributed by atoms with van der Waals surface area (Å²) in [6.45, 7) is -2.39. The number of alkyl halides is 3. The number of nitro groups is 1. The lowest BCUT2D eigenvalue weighted by Crippen LogP contribution is -2.19. The molecule has 0 radical (unpaired) electrons. The molecule has 0 fully saturated rings. The van der Waals surface area contributed by atoms with Crippen molar-refractivity contribution in [1.29, 1.82) is 0 Å². The fourth-order valence-electron chi connectivity index (χ4n) is 1.19. The second-order valence-corrected chi connectivity index (χ2v) is 3.47. The number of carbonyl (C=O) groups is 1. The first-order chi connectivity index (χ1) is 9.20. The van der Waals surface area contributed by atoms with Gasteiger partial charge in [0, 0.05) is 12.1 Å². The van der Waals surface area contributed by atoms with Crippen LogP contribution in [0.15, 0.2) is 18.2 Å². The van der Waals surface area contributed by atoms with Gasteiger partial charge in [-0.1, -0.05) is 0 Å². The standard InChI is InChI=1S/C10H8F3NO6/c11-10(12,13)4-19-5-20-8-2-1-6(14(17)18)3-7(8)9(15)16/h1-3H,4-5H2,(H,15,16). The van der Waals surface area contributed by atoms with Crippen LogP contribution in [0.2, 0.25) is 0 Å². The predicted octanol–water partition coefficient (Wildman–Crippen LogP) is 2.21. The number of ether oxygens (including phenoxy) is 2. The second kappa shape index (κ2) is 6.19. The molecule has 0 aliphatic carbocycles. The summed E-state index contributed by atoms with van der Waals surface area (Å²) in [5.74, 6) is -1.84. The summed E-state index contributed by atoms with van der Waals surface area (Å²) in [6.07, 6.45) is -4.53. The van der Waals surface area contributed by atoms with E-state index in [-0.39, 0.29) is 5.75 Å². The number of halogens is 3. The smallest absolute Gasteiger partial charge is 0.411 e. The van der Waals surface area contributed by atoms with Crippen molar-refractivity contribution in [1.82, 2.24) is 0 Å². The predicted molar refractivity (Wildman–Crippen MR) is 57.6 cm³/mol. The molecule has 0 aliphatic rings. The lowest BCUT2D eigenvalue weighted by molar-refractivity contribution is -0.384. The van der Waals surface area contributed by atoms with E-state index in [9.17, 15) is 28.1 Å². The van der Waals surface area contributed by atoms with Gasteiger partial charge in [-0.15, -0.1) is 0 Å². The molecular weight excluding hydrogens is 287 g/mol. The van der Waals surface area contributed by atoms with E-state index in [0.717, 1.165) is 18.2 Å². The summed E-state index contributed by atoms with van der Waals surface area (Å²) < 4.78 is 44.2. The number of carboxylic acid groups (broad SMARTS) is 1. The summed E-state index contributed by atoms with van der Waals surface area (Å²) in [6, 6.07) is 2.67. The van der Waals surface area contributed by atoms with Gasteiger partial charge in [0.05, 0.1) is 4.92 Å². The van der Waals surface area contributed by atoms with Crippen molar-refractivity contribution >= 4 is 11.7 Å². The Bertz CT molecular complexity index is 516. The number of hydrogen-bond acceptors (Lipinski definition) is 5. The zero-order chi connectivity index (χ0) is 15.3. The minimum absolute atomic E-state index is 0.328. The minimum atomic E-state index is -4.53. The third kappa shape index (κ3) is 4.72. The normalized spacial score (nSPS) is 11.2. The highest BCUT2D eigenvalue weighted by Crippen LogP contribution is 2.24. The Labute approximate surface area is 109 Å². The Morgan fingerprint density at radius 3 is 2.55 bits per heavy atom. The van der Waals surface area contributed by atoms with Gasteiger partial charge in [0.25, 0.3) is 5.69 Å². The van der Waals surface area contributed by atoms with Crippen molar-refractivity contribution in [2.75, 3.05) is 13.4 Å². The van der Waals surface area contributed by atoms with Crippen LogP contribution >= 0.6 is 0 Å². The van der Waals surface area contributed by atoms with Gasteiger partial charge in [0.15, 0.2) is 6.79 Å². The van der Waals surface area contributed by atoms with Gasteiger partial charge in [-0.2, -0.15) is 13.2 Å². The van der Waals surface area contributed by atoms with Crippen molar-refractivity contribution in [3.63, 3.8) is 0 Å². The molecule has 0 saturated heterocycles. The Morgan fingerprint density at radius 2 is 2.05 bits per heavy atom. The maximum absolute atomic E-state index is 11.8. The Morgan fingerprint density at radius 1 is 1.40 bits per heavy atom. The minimum Gasteiger partial charge on any atom is -0.478 e. The van der Waals surface area contributed by atoms with E-state index >= 15 is 0 Å². The molecule has 10 heteroatoms. The van der Waals surface area contributed by atoms with Crippen LogP contribution in [-0.2, 0) is 4.74 Å². The van der Waals surface area contributed by atoms with Crippen LogP contribution in [0.5, 0.6) is 5.75 Å². The number of non-ortho nitro benzene ring substituents is 1. The molecule has 1 N–H and O–H groups in total. The van der Waals surface area contributed by atoms with Crippen molar-refractivity contribution in [3.8, 4) is 5.75 Å².